The number of imidazole rings is 1. The van der Waals surface area contributed by atoms with Crippen molar-refractivity contribution in [3.63, 3.8) is 0 Å². The topological polar surface area (TPSA) is 38.1 Å². The lowest BCUT2D eigenvalue weighted by Crippen LogP contribution is -2.37. The minimum Gasteiger partial charge on any atom is -0.343 e. The number of hydrogen-bond acceptors (Lipinski definition) is 2. The lowest BCUT2D eigenvalue weighted by molar-refractivity contribution is -0.130. The number of carbonyl (C=O) groups is 1. The summed E-state index contributed by atoms with van der Waals surface area (Å²) in [5, 5.41) is 0.758. The molecule has 0 aliphatic carbocycles. The fourth-order valence-corrected chi connectivity index (χ4v) is 4.37. The Labute approximate surface area is 177 Å². The van der Waals surface area contributed by atoms with Crippen molar-refractivity contribution in [1.29, 1.82) is 0 Å². The molecule has 4 nitrogen and oxygen atoms in total. The minimum atomic E-state index is 0.185. The second-order valence-electron chi connectivity index (χ2n) is 8.32. The van der Waals surface area contributed by atoms with Crippen LogP contribution in [0.3, 0.4) is 0 Å². The summed E-state index contributed by atoms with van der Waals surface area (Å²) in [7, 11) is 0. The number of rotatable bonds is 4. The second kappa shape index (κ2) is 8.19. The molecule has 2 aromatic carbocycles. The van der Waals surface area contributed by atoms with Crippen molar-refractivity contribution in [2.75, 3.05) is 13.1 Å². The molecule has 0 bridgehead atoms. The van der Waals surface area contributed by atoms with Crippen molar-refractivity contribution in [3.8, 4) is 0 Å². The molecular formula is C24H28ClN3O. The maximum atomic E-state index is 11.6. The van der Waals surface area contributed by atoms with E-state index in [1.54, 1.807) is 6.92 Å². The van der Waals surface area contributed by atoms with E-state index in [9.17, 15) is 4.79 Å². The lowest BCUT2D eigenvalue weighted by Gasteiger charge is -2.31. The molecule has 152 valence electrons. The number of benzene rings is 2. The fraction of sp³-hybridized carbons (Fsp3) is 0.417. The normalized spacial score (nSPS) is 15.2. The molecule has 4 rings (SSSR count). The summed E-state index contributed by atoms with van der Waals surface area (Å²) in [4.78, 5) is 18.6. The van der Waals surface area contributed by atoms with Gasteiger partial charge in [-0.15, -0.1) is 0 Å². The van der Waals surface area contributed by atoms with Crippen LogP contribution in [0.1, 0.15) is 42.3 Å². The third-order valence-electron chi connectivity index (χ3n) is 6.23. The number of nitrogens with zero attached hydrogens (tertiary/aromatic N) is 3. The number of aromatic nitrogens is 2. The maximum absolute atomic E-state index is 11.6. The zero-order valence-corrected chi connectivity index (χ0v) is 18.2. The van der Waals surface area contributed by atoms with Gasteiger partial charge in [0.1, 0.15) is 5.82 Å². The van der Waals surface area contributed by atoms with E-state index >= 15 is 0 Å². The number of likely N-dealkylation sites (tertiary alicyclic amines) is 1. The molecule has 0 spiro atoms. The van der Waals surface area contributed by atoms with E-state index in [4.69, 9.17) is 16.6 Å². The average molecular weight is 410 g/mol. The zero-order chi connectivity index (χ0) is 20.5. The molecule has 3 aromatic rings. The van der Waals surface area contributed by atoms with Gasteiger partial charge in [-0.25, -0.2) is 4.98 Å². The van der Waals surface area contributed by atoms with Crippen LogP contribution in [-0.4, -0.2) is 33.4 Å². The van der Waals surface area contributed by atoms with Crippen molar-refractivity contribution in [3.05, 3.63) is 63.9 Å². The Bertz CT molecular complexity index is 1030. The van der Waals surface area contributed by atoms with Gasteiger partial charge in [0, 0.05) is 38.0 Å². The Morgan fingerprint density at radius 1 is 1.10 bits per heavy atom. The third-order valence-corrected chi connectivity index (χ3v) is 6.48. The number of hydrogen-bond donors (Lipinski definition) is 0. The molecule has 2 heterocycles. The number of carbonyl (C=O) groups excluding carboxylic acids is 1. The Morgan fingerprint density at radius 3 is 2.41 bits per heavy atom. The molecule has 1 aromatic heterocycles. The zero-order valence-electron chi connectivity index (χ0n) is 17.4. The van der Waals surface area contributed by atoms with E-state index in [1.807, 2.05) is 17.0 Å². The molecule has 0 N–H and O–H groups in total. The minimum absolute atomic E-state index is 0.185. The average Bonchev–Trinajstić information content (AvgIpc) is 3.00. The standard InChI is InChI=1S/C24H28ClN3O/c1-16-12-22-23(13-17(16)2)28(15-20-4-6-21(25)7-5-20)24(26-22)14-19-8-10-27(11-9-19)18(3)29/h4-7,12-13,19H,8-11,14-15H2,1-3H3. The van der Waals surface area contributed by atoms with Gasteiger partial charge in [0.25, 0.3) is 0 Å². The van der Waals surface area contributed by atoms with Crippen LogP contribution >= 0.6 is 11.6 Å². The summed E-state index contributed by atoms with van der Waals surface area (Å²) in [5.74, 6) is 1.89. The lowest BCUT2D eigenvalue weighted by atomic mass is 9.93. The molecule has 1 aliphatic heterocycles. The van der Waals surface area contributed by atoms with Crippen molar-refractivity contribution in [2.45, 2.75) is 46.6 Å². The third kappa shape index (κ3) is 4.32. The first kappa shape index (κ1) is 20.0. The quantitative estimate of drug-likeness (QED) is 0.597. The van der Waals surface area contributed by atoms with Gasteiger partial charge in [-0.1, -0.05) is 23.7 Å². The first-order valence-corrected chi connectivity index (χ1v) is 10.7. The number of fused-ring (bicyclic) bond motifs is 1. The van der Waals surface area contributed by atoms with Crippen LogP contribution in [0.2, 0.25) is 5.02 Å². The molecule has 29 heavy (non-hydrogen) atoms. The summed E-state index contributed by atoms with van der Waals surface area (Å²) in [6.07, 6.45) is 3.04. The van der Waals surface area contributed by atoms with Crippen molar-refractivity contribution < 1.29 is 4.79 Å². The highest BCUT2D eigenvalue weighted by molar-refractivity contribution is 6.30. The molecule has 0 radical (unpaired) electrons. The molecule has 1 aliphatic rings. The maximum Gasteiger partial charge on any atom is 0.219 e. The van der Waals surface area contributed by atoms with Crippen LogP contribution < -0.4 is 0 Å². The molecule has 5 heteroatoms. The Hall–Kier alpha value is -2.33. The SMILES string of the molecule is CC(=O)N1CCC(Cc2nc3cc(C)c(C)cc3n2Cc2ccc(Cl)cc2)CC1. The van der Waals surface area contributed by atoms with Crippen molar-refractivity contribution in [1.82, 2.24) is 14.5 Å². The van der Waals surface area contributed by atoms with Gasteiger partial charge in [-0.3, -0.25) is 4.79 Å². The summed E-state index contributed by atoms with van der Waals surface area (Å²) in [6, 6.07) is 12.5. The van der Waals surface area contributed by atoms with Crippen molar-refractivity contribution in [2.24, 2.45) is 5.92 Å². The van der Waals surface area contributed by atoms with E-state index in [0.29, 0.717) is 5.92 Å². The highest BCUT2D eigenvalue weighted by Gasteiger charge is 2.23. The van der Waals surface area contributed by atoms with E-state index in [-0.39, 0.29) is 5.91 Å². The Morgan fingerprint density at radius 2 is 1.76 bits per heavy atom. The molecule has 1 saturated heterocycles. The largest absolute Gasteiger partial charge is 0.343 e. The summed E-state index contributed by atoms with van der Waals surface area (Å²) < 4.78 is 2.36. The predicted molar refractivity (Wildman–Crippen MR) is 118 cm³/mol. The van der Waals surface area contributed by atoms with Gasteiger partial charge >= 0.3 is 0 Å². The van der Waals surface area contributed by atoms with E-state index in [2.05, 4.69) is 42.7 Å². The monoisotopic (exact) mass is 409 g/mol. The van der Waals surface area contributed by atoms with Gasteiger partial charge in [-0.05, 0) is 73.6 Å². The molecule has 1 amide bonds. The Balaban J connectivity index is 1.65. The number of aryl methyl sites for hydroxylation is 2. The van der Waals surface area contributed by atoms with Crippen LogP contribution in [-0.2, 0) is 17.8 Å². The van der Waals surface area contributed by atoms with Gasteiger partial charge in [0.15, 0.2) is 0 Å². The van der Waals surface area contributed by atoms with Gasteiger partial charge in [0.05, 0.1) is 11.0 Å². The Kier molecular flexibility index (Phi) is 5.64. The van der Waals surface area contributed by atoms with Gasteiger partial charge < -0.3 is 9.47 Å². The predicted octanol–water partition coefficient (Wildman–Crippen LogP) is 5.16. The summed E-state index contributed by atoms with van der Waals surface area (Å²) in [5.41, 5.74) is 6.04. The van der Waals surface area contributed by atoms with Crippen LogP contribution in [0.15, 0.2) is 36.4 Å². The van der Waals surface area contributed by atoms with Crippen LogP contribution in [0.25, 0.3) is 11.0 Å². The van der Waals surface area contributed by atoms with Crippen LogP contribution in [0, 0.1) is 19.8 Å². The van der Waals surface area contributed by atoms with Crippen LogP contribution in [0.4, 0.5) is 0 Å². The molecule has 0 saturated carbocycles. The number of halogens is 1. The summed E-state index contributed by atoms with van der Waals surface area (Å²) in [6.45, 7) is 8.47. The number of piperidine rings is 1. The highest BCUT2D eigenvalue weighted by atomic mass is 35.5. The smallest absolute Gasteiger partial charge is 0.219 e. The molecule has 0 unspecified atom stereocenters. The first-order valence-electron chi connectivity index (χ1n) is 10.4. The molecule has 0 atom stereocenters. The van der Waals surface area contributed by atoms with Gasteiger partial charge in [-0.2, -0.15) is 0 Å². The van der Waals surface area contributed by atoms with Gasteiger partial charge in [0.2, 0.25) is 5.91 Å². The van der Waals surface area contributed by atoms with Crippen molar-refractivity contribution >= 4 is 28.5 Å². The fourth-order valence-electron chi connectivity index (χ4n) is 4.24. The highest BCUT2D eigenvalue weighted by Crippen LogP contribution is 2.27. The second-order valence-corrected chi connectivity index (χ2v) is 8.76. The van der Waals surface area contributed by atoms with E-state index < -0.39 is 0 Å². The summed E-state index contributed by atoms with van der Waals surface area (Å²) >= 11 is 6.07. The first-order chi connectivity index (χ1) is 13.9. The molecule has 1 fully saturated rings. The number of amides is 1. The molecular weight excluding hydrogens is 382 g/mol. The van der Waals surface area contributed by atoms with E-state index in [0.717, 1.165) is 55.3 Å². The van der Waals surface area contributed by atoms with E-state index in [1.165, 1.54) is 22.2 Å². The van der Waals surface area contributed by atoms with Crippen LogP contribution in [0.5, 0.6) is 0 Å².